The summed E-state index contributed by atoms with van der Waals surface area (Å²) in [5.74, 6) is -0.184. The van der Waals surface area contributed by atoms with Crippen molar-refractivity contribution in [1.82, 2.24) is 10.6 Å². The summed E-state index contributed by atoms with van der Waals surface area (Å²) in [5, 5.41) is 5.66. The fourth-order valence-corrected chi connectivity index (χ4v) is 1.57. The summed E-state index contributed by atoms with van der Waals surface area (Å²) in [6.45, 7) is 3.05. The molecule has 1 aromatic rings. The Balaban J connectivity index is 2.27. The highest BCUT2D eigenvalue weighted by atomic mass is 19.1. The first-order chi connectivity index (χ1) is 8.09. The van der Waals surface area contributed by atoms with Gasteiger partial charge in [-0.15, -0.1) is 0 Å². The van der Waals surface area contributed by atoms with E-state index in [1.807, 2.05) is 13.0 Å². The van der Waals surface area contributed by atoms with E-state index in [0.717, 1.165) is 0 Å². The van der Waals surface area contributed by atoms with E-state index in [0.29, 0.717) is 25.1 Å². The molecule has 0 bridgehead atoms. The first-order valence-corrected chi connectivity index (χ1v) is 5.59. The van der Waals surface area contributed by atoms with Gasteiger partial charge in [0.2, 0.25) is 0 Å². The van der Waals surface area contributed by atoms with Gasteiger partial charge in [0.15, 0.2) is 0 Å². The Bertz CT molecular complexity index is 371. The van der Waals surface area contributed by atoms with E-state index in [1.165, 1.54) is 6.07 Å². The SMILES string of the molecule is CC(Cc1ccccc1F)NCCNC(N)=O. The van der Waals surface area contributed by atoms with Crippen molar-refractivity contribution in [2.24, 2.45) is 5.73 Å². The van der Waals surface area contributed by atoms with Crippen molar-refractivity contribution in [3.05, 3.63) is 35.6 Å². The standard InChI is InChI=1S/C12H18FN3O/c1-9(15-6-7-16-12(14)17)8-10-4-2-3-5-11(10)13/h2-5,9,15H,6-8H2,1H3,(H3,14,16,17). The number of carbonyl (C=O) groups excluding carboxylic acids is 1. The summed E-state index contributed by atoms with van der Waals surface area (Å²) >= 11 is 0. The highest BCUT2D eigenvalue weighted by molar-refractivity contribution is 5.71. The lowest BCUT2D eigenvalue weighted by atomic mass is 10.1. The quantitative estimate of drug-likeness (QED) is 0.649. The van der Waals surface area contributed by atoms with E-state index in [1.54, 1.807) is 12.1 Å². The Morgan fingerprint density at radius 2 is 2.12 bits per heavy atom. The van der Waals surface area contributed by atoms with E-state index < -0.39 is 6.03 Å². The maximum atomic E-state index is 13.3. The first kappa shape index (κ1) is 13.4. The normalized spacial score (nSPS) is 12.1. The summed E-state index contributed by atoms with van der Waals surface area (Å²) in [5.41, 5.74) is 5.62. The predicted octanol–water partition coefficient (Wildman–Crippen LogP) is 1.01. The largest absolute Gasteiger partial charge is 0.352 e. The van der Waals surface area contributed by atoms with Gasteiger partial charge in [0.05, 0.1) is 0 Å². The van der Waals surface area contributed by atoms with Gasteiger partial charge in [-0.25, -0.2) is 9.18 Å². The maximum absolute atomic E-state index is 13.3. The molecule has 1 rings (SSSR count). The lowest BCUT2D eigenvalue weighted by Crippen LogP contribution is -2.38. The van der Waals surface area contributed by atoms with Crippen LogP contribution in [0.25, 0.3) is 0 Å². The molecular formula is C12H18FN3O. The molecule has 1 atom stereocenters. The maximum Gasteiger partial charge on any atom is 0.312 e. The number of nitrogens with two attached hydrogens (primary N) is 1. The number of primary amides is 1. The molecule has 1 aromatic carbocycles. The summed E-state index contributed by atoms with van der Waals surface area (Å²) < 4.78 is 13.3. The average Bonchev–Trinajstić information content (AvgIpc) is 2.27. The molecule has 5 heteroatoms. The van der Waals surface area contributed by atoms with Crippen molar-refractivity contribution >= 4 is 6.03 Å². The summed E-state index contributed by atoms with van der Waals surface area (Å²) in [6, 6.07) is 6.33. The Morgan fingerprint density at radius 1 is 1.41 bits per heavy atom. The number of hydrogen-bond acceptors (Lipinski definition) is 2. The number of halogens is 1. The molecule has 94 valence electrons. The number of benzene rings is 1. The number of rotatable bonds is 6. The molecule has 0 saturated heterocycles. The van der Waals surface area contributed by atoms with E-state index in [9.17, 15) is 9.18 Å². The van der Waals surface area contributed by atoms with Crippen LogP contribution in [0.5, 0.6) is 0 Å². The second kappa shape index (κ2) is 6.85. The van der Waals surface area contributed by atoms with Gasteiger partial charge in [0, 0.05) is 19.1 Å². The molecule has 4 N–H and O–H groups in total. The van der Waals surface area contributed by atoms with E-state index in [2.05, 4.69) is 10.6 Å². The summed E-state index contributed by atoms with van der Waals surface area (Å²) in [4.78, 5) is 10.4. The van der Waals surface area contributed by atoms with Crippen LogP contribution in [0.1, 0.15) is 12.5 Å². The van der Waals surface area contributed by atoms with Crippen molar-refractivity contribution in [2.75, 3.05) is 13.1 Å². The van der Waals surface area contributed by atoms with Crippen LogP contribution in [-0.4, -0.2) is 25.2 Å². The third kappa shape index (κ3) is 5.31. The van der Waals surface area contributed by atoms with Gasteiger partial charge in [-0.3, -0.25) is 0 Å². The molecule has 0 radical (unpaired) electrons. The van der Waals surface area contributed by atoms with Crippen molar-refractivity contribution in [3.8, 4) is 0 Å². The monoisotopic (exact) mass is 239 g/mol. The van der Waals surface area contributed by atoms with Gasteiger partial charge < -0.3 is 16.4 Å². The van der Waals surface area contributed by atoms with Gasteiger partial charge in [0.25, 0.3) is 0 Å². The van der Waals surface area contributed by atoms with Crippen molar-refractivity contribution in [1.29, 1.82) is 0 Å². The highest BCUT2D eigenvalue weighted by Crippen LogP contribution is 2.08. The zero-order valence-corrected chi connectivity index (χ0v) is 9.87. The highest BCUT2D eigenvalue weighted by Gasteiger charge is 2.06. The first-order valence-electron chi connectivity index (χ1n) is 5.59. The third-order valence-electron chi connectivity index (χ3n) is 2.40. The number of hydrogen-bond donors (Lipinski definition) is 3. The predicted molar refractivity (Wildman–Crippen MR) is 65.2 cm³/mol. The molecule has 0 aromatic heterocycles. The fraction of sp³-hybridized carbons (Fsp3) is 0.417. The number of carbonyl (C=O) groups is 1. The molecule has 0 heterocycles. The van der Waals surface area contributed by atoms with Crippen molar-refractivity contribution in [3.63, 3.8) is 0 Å². The van der Waals surface area contributed by atoms with Crippen LogP contribution in [-0.2, 0) is 6.42 Å². The van der Waals surface area contributed by atoms with Crippen LogP contribution >= 0.6 is 0 Å². The molecule has 2 amide bonds. The minimum atomic E-state index is -0.534. The summed E-state index contributed by atoms with van der Waals surface area (Å²) in [6.07, 6.45) is 0.614. The fourth-order valence-electron chi connectivity index (χ4n) is 1.57. The molecule has 0 spiro atoms. The average molecular weight is 239 g/mol. The zero-order valence-electron chi connectivity index (χ0n) is 9.87. The van der Waals surface area contributed by atoms with Crippen LogP contribution in [0.3, 0.4) is 0 Å². The minimum Gasteiger partial charge on any atom is -0.352 e. The zero-order chi connectivity index (χ0) is 12.7. The van der Waals surface area contributed by atoms with Gasteiger partial charge in [-0.1, -0.05) is 18.2 Å². The number of amides is 2. The van der Waals surface area contributed by atoms with Gasteiger partial charge in [-0.05, 0) is 25.0 Å². The third-order valence-corrected chi connectivity index (χ3v) is 2.40. The van der Waals surface area contributed by atoms with Crippen molar-refractivity contribution in [2.45, 2.75) is 19.4 Å². The number of urea groups is 1. The molecule has 4 nitrogen and oxygen atoms in total. The molecule has 0 aliphatic rings. The second-order valence-corrected chi connectivity index (χ2v) is 3.94. The topological polar surface area (TPSA) is 67.2 Å². The van der Waals surface area contributed by atoms with Gasteiger partial charge in [0.1, 0.15) is 5.82 Å². The van der Waals surface area contributed by atoms with Crippen LogP contribution < -0.4 is 16.4 Å². The molecule has 0 aliphatic heterocycles. The molecule has 0 aliphatic carbocycles. The molecule has 0 saturated carbocycles. The smallest absolute Gasteiger partial charge is 0.312 e. The second-order valence-electron chi connectivity index (χ2n) is 3.94. The Labute approximate surface area is 100 Å². The van der Waals surface area contributed by atoms with E-state index >= 15 is 0 Å². The van der Waals surface area contributed by atoms with Crippen molar-refractivity contribution < 1.29 is 9.18 Å². The van der Waals surface area contributed by atoms with Crippen LogP contribution in [0.15, 0.2) is 24.3 Å². The van der Waals surface area contributed by atoms with Crippen LogP contribution in [0.4, 0.5) is 9.18 Å². The Hall–Kier alpha value is -1.62. The Morgan fingerprint density at radius 3 is 2.76 bits per heavy atom. The summed E-state index contributed by atoms with van der Waals surface area (Å²) in [7, 11) is 0. The molecular weight excluding hydrogens is 221 g/mol. The van der Waals surface area contributed by atoms with Crippen LogP contribution in [0, 0.1) is 5.82 Å². The molecule has 0 fully saturated rings. The number of nitrogens with one attached hydrogen (secondary N) is 2. The van der Waals surface area contributed by atoms with E-state index in [4.69, 9.17) is 5.73 Å². The van der Waals surface area contributed by atoms with Gasteiger partial charge >= 0.3 is 6.03 Å². The minimum absolute atomic E-state index is 0.140. The lowest BCUT2D eigenvalue weighted by molar-refractivity contribution is 0.249. The molecule has 1 unspecified atom stereocenters. The molecule has 17 heavy (non-hydrogen) atoms. The lowest BCUT2D eigenvalue weighted by Gasteiger charge is -2.14. The van der Waals surface area contributed by atoms with E-state index in [-0.39, 0.29) is 11.9 Å². The Kier molecular flexibility index (Phi) is 5.42. The van der Waals surface area contributed by atoms with Gasteiger partial charge in [-0.2, -0.15) is 0 Å². The van der Waals surface area contributed by atoms with Crippen LogP contribution in [0.2, 0.25) is 0 Å².